The zero-order valence-corrected chi connectivity index (χ0v) is 15.8. The summed E-state index contributed by atoms with van der Waals surface area (Å²) in [5.74, 6) is -1.13. The molecule has 2 N–H and O–H groups in total. The fraction of sp³-hybridized carbons (Fsp3) is 0.526. The second-order valence-electron chi connectivity index (χ2n) is 7.46. The number of nitrogens with one attached hydrogen (secondary N) is 1. The van der Waals surface area contributed by atoms with Gasteiger partial charge in [0.25, 0.3) is 0 Å². The van der Waals surface area contributed by atoms with Crippen molar-refractivity contribution in [3.63, 3.8) is 0 Å². The Hall–Kier alpha value is -2.77. The molecule has 1 aromatic rings. The molecule has 1 fully saturated rings. The lowest BCUT2D eigenvalue weighted by atomic mass is 9.97. The number of benzene rings is 1. The normalized spacial score (nSPS) is 19.9. The number of amides is 2. The maximum Gasteiger partial charge on any atom is 0.411 e. The lowest BCUT2D eigenvalue weighted by molar-refractivity contribution is -0.144. The van der Waals surface area contributed by atoms with Gasteiger partial charge in [0.05, 0.1) is 0 Å². The summed E-state index contributed by atoms with van der Waals surface area (Å²) < 4.78 is 10.4. The van der Waals surface area contributed by atoms with Gasteiger partial charge in [-0.1, -0.05) is 30.3 Å². The Labute approximate surface area is 158 Å². The molecule has 1 aromatic carbocycles. The van der Waals surface area contributed by atoms with Crippen molar-refractivity contribution < 1.29 is 29.0 Å². The number of carboxylic acid groups (broad SMARTS) is 1. The van der Waals surface area contributed by atoms with Gasteiger partial charge in [-0.25, -0.2) is 14.4 Å². The highest BCUT2D eigenvalue weighted by Crippen LogP contribution is 2.21. The molecule has 8 nitrogen and oxygen atoms in total. The van der Waals surface area contributed by atoms with Crippen LogP contribution in [0.15, 0.2) is 30.3 Å². The van der Waals surface area contributed by atoms with Crippen LogP contribution < -0.4 is 5.32 Å². The first kappa shape index (κ1) is 20.5. The standard InChI is InChI=1S/C19H26N2O6/c1-19(2,3)27-18(25)21-10-9-14(11-15(21)16(22)23)20-17(24)26-12-13-7-5-4-6-8-13/h4-8,14-15H,9-12H2,1-3H3,(H,20,24)(H,22,23)/t14-,15-/m0/s1. The van der Waals surface area contributed by atoms with E-state index in [9.17, 15) is 19.5 Å². The number of rotatable bonds is 4. The van der Waals surface area contributed by atoms with Gasteiger partial charge in [-0.2, -0.15) is 0 Å². The van der Waals surface area contributed by atoms with E-state index in [0.717, 1.165) is 5.56 Å². The van der Waals surface area contributed by atoms with Crippen molar-refractivity contribution in [2.45, 2.75) is 57.9 Å². The number of carbonyl (C=O) groups is 3. The van der Waals surface area contributed by atoms with Crippen LogP contribution in [0.1, 0.15) is 39.2 Å². The van der Waals surface area contributed by atoms with Crippen LogP contribution in [-0.4, -0.2) is 52.4 Å². The van der Waals surface area contributed by atoms with Gasteiger partial charge in [0.1, 0.15) is 18.2 Å². The molecule has 148 valence electrons. The lowest BCUT2D eigenvalue weighted by Crippen LogP contribution is -2.55. The first-order chi connectivity index (χ1) is 12.7. The average Bonchev–Trinajstić information content (AvgIpc) is 2.59. The summed E-state index contributed by atoms with van der Waals surface area (Å²) in [5.41, 5.74) is 0.145. The van der Waals surface area contributed by atoms with Crippen LogP contribution in [0.4, 0.5) is 9.59 Å². The van der Waals surface area contributed by atoms with Crippen LogP contribution >= 0.6 is 0 Å². The molecule has 0 aromatic heterocycles. The second-order valence-corrected chi connectivity index (χ2v) is 7.46. The average molecular weight is 378 g/mol. The highest BCUT2D eigenvalue weighted by Gasteiger charge is 2.38. The first-order valence-electron chi connectivity index (χ1n) is 8.85. The Kier molecular flexibility index (Phi) is 6.65. The quantitative estimate of drug-likeness (QED) is 0.835. The van der Waals surface area contributed by atoms with Crippen LogP contribution in [0.3, 0.4) is 0 Å². The van der Waals surface area contributed by atoms with Gasteiger partial charge in [-0.15, -0.1) is 0 Å². The monoisotopic (exact) mass is 378 g/mol. The van der Waals surface area contributed by atoms with E-state index in [1.807, 2.05) is 30.3 Å². The fourth-order valence-corrected chi connectivity index (χ4v) is 2.80. The highest BCUT2D eigenvalue weighted by atomic mass is 16.6. The molecule has 0 aliphatic carbocycles. The molecule has 27 heavy (non-hydrogen) atoms. The summed E-state index contributed by atoms with van der Waals surface area (Å²) in [6, 6.07) is 7.79. The molecule has 2 amide bonds. The van der Waals surface area contributed by atoms with Gasteiger partial charge in [0.2, 0.25) is 0 Å². The Bertz CT molecular complexity index is 671. The molecule has 0 bridgehead atoms. The van der Waals surface area contributed by atoms with E-state index in [4.69, 9.17) is 9.47 Å². The minimum atomic E-state index is -1.13. The Morgan fingerprint density at radius 2 is 1.89 bits per heavy atom. The van der Waals surface area contributed by atoms with Gasteiger partial charge < -0.3 is 19.9 Å². The molecule has 1 saturated heterocycles. The predicted octanol–water partition coefficient (Wildman–Crippen LogP) is 2.77. The number of piperidine rings is 1. The van der Waals surface area contributed by atoms with Crippen molar-refractivity contribution in [2.75, 3.05) is 6.54 Å². The number of ether oxygens (including phenoxy) is 2. The van der Waals surface area contributed by atoms with Crippen molar-refractivity contribution in [3.8, 4) is 0 Å². The number of hydrogen-bond donors (Lipinski definition) is 2. The van der Waals surface area contributed by atoms with E-state index in [-0.39, 0.29) is 19.6 Å². The second kappa shape index (κ2) is 8.75. The van der Waals surface area contributed by atoms with Crippen molar-refractivity contribution >= 4 is 18.2 Å². The molecule has 0 spiro atoms. The van der Waals surface area contributed by atoms with E-state index in [1.54, 1.807) is 20.8 Å². The molecule has 1 heterocycles. The van der Waals surface area contributed by atoms with Gasteiger partial charge >= 0.3 is 18.2 Å². The first-order valence-corrected chi connectivity index (χ1v) is 8.85. The fourth-order valence-electron chi connectivity index (χ4n) is 2.80. The van der Waals surface area contributed by atoms with Crippen LogP contribution in [0, 0.1) is 0 Å². The molecule has 0 radical (unpaired) electrons. The zero-order valence-electron chi connectivity index (χ0n) is 15.8. The Morgan fingerprint density at radius 1 is 1.22 bits per heavy atom. The summed E-state index contributed by atoms with van der Waals surface area (Å²) >= 11 is 0. The number of alkyl carbamates (subject to hydrolysis) is 1. The number of hydrogen-bond acceptors (Lipinski definition) is 5. The van der Waals surface area contributed by atoms with Gasteiger partial charge in [-0.05, 0) is 39.2 Å². The zero-order chi connectivity index (χ0) is 20.0. The molecule has 2 rings (SSSR count). The SMILES string of the molecule is CC(C)(C)OC(=O)N1CC[C@H](NC(=O)OCc2ccccc2)C[C@H]1C(=O)O. The predicted molar refractivity (Wildman–Crippen MR) is 97.1 cm³/mol. The summed E-state index contributed by atoms with van der Waals surface area (Å²) in [5, 5.41) is 12.1. The largest absolute Gasteiger partial charge is 0.480 e. The minimum Gasteiger partial charge on any atom is -0.480 e. The lowest BCUT2D eigenvalue weighted by Gasteiger charge is -2.37. The summed E-state index contributed by atoms with van der Waals surface area (Å²) in [7, 11) is 0. The smallest absolute Gasteiger partial charge is 0.411 e. The Morgan fingerprint density at radius 3 is 2.48 bits per heavy atom. The third-order valence-corrected chi connectivity index (χ3v) is 4.05. The Balaban J connectivity index is 1.89. The molecule has 0 unspecified atom stereocenters. The number of aliphatic carboxylic acids is 1. The summed E-state index contributed by atoms with van der Waals surface area (Å²) in [6.07, 6.45) is -0.767. The molecule has 1 aliphatic heterocycles. The topological polar surface area (TPSA) is 105 Å². The van der Waals surface area contributed by atoms with E-state index in [2.05, 4.69) is 5.32 Å². The number of carboxylic acids is 1. The van der Waals surface area contributed by atoms with Gasteiger partial charge in [-0.3, -0.25) is 4.90 Å². The van der Waals surface area contributed by atoms with Gasteiger partial charge in [0.15, 0.2) is 0 Å². The third kappa shape index (κ3) is 6.47. The highest BCUT2D eigenvalue weighted by molar-refractivity contribution is 5.80. The van der Waals surface area contributed by atoms with E-state index in [1.165, 1.54) is 4.90 Å². The van der Waals surface area contributed by atoms with Crippen molar-refractivity contribution in [1.29, 1.82) is 0 Å². The third-order valence-electron chi connectivity index (χ3n) is 4.05. The molecular weight excluding hydrogens is 352 g/mol. The number of likely N-dealkylation sites (tertiary alicyclic amines) is 1. The number of carbonyl (C=O) groups excluding carboxylic acids is 2. The van der Waals surface area contributed by atoms with Crippen molar-refractivity contribution in [3.05, 3.63) is 35.9 Å². The van der Waals surface area contributed by atoms with Crippen molar-refractivity contribution in [1.82, 2.24) is 10.2 Å². The maximum absolute atomic E-state index is 12.2. The number of nitrogens with zero attached hydrogens (tertiary/aromatic N) is 1. The van der Waals surface area contributed by atoms with Gasteiger partial charge in [0, 0.05) is 12.6 Å². The molecule has 2 atom stereocenters. The molecule has 0 saturated carbocycles. The summed E-state index contributed by atoms with van der Waals surface area (Å²) in [4.78, 5) is 37.0. The minimum absolute atomic E-state index is 0.0923. The molecule has 8 heteroatoms. The summed E-state index contributed by atoms with van der Waals surface area (Å²) in [6.45, 7) is 5.47. The van der Waals surface area contributed by atoms with Crippen molar-refractivity contribution in [2.24, 2.45) is 0 Å². The molecular formula is C19H26N2O6. The van der Waals surface area contributed by atoms with E-state index in [0.29, 0.717) is 6.42 Å². The van der Waals surface area contributed by atoms with Crippen LogP contribution in [0.2, 0.25) is 0 Å². The van der Waals surface area contributed by atoms with E-state index >= 15 is 0 Å². The maximum atomic E-state index is 12.2. The van der Waals surface area contributed by atoms with Crippen LogP contribution in [0.5, 0.6) is 0 Å². The van der Waals surface area contributed by atoms with E-state index < -0.39 is 35.8 Å². The molecule has 1 aliphatic rings. The van der Waals surface area contributed by atoms with Crippen LogP contribution in [0.25, 0.3) is 0 Å². The van der Waals surface area contributed by atoms with Crippen LogP contribution in [-0.2, 0) is 20.9 Å².